The van der Waals surface area contributed by atoms with E-state index in [1.807, 2.05) is 30.3 Å². The standard InChI is InChI=1S/C16H14N2O2/c17-8-7-11-1-3-12(4-2-11)18-15-10-20-16-9-13(19)5-6-14(15)16/h1-6,9,15,18-19H,7,10H2. The lowest BCUT2D eigenvalue weighted by molar-refractivity contribution is 0.338. The van der Waals surface area contributed by atoms with Crippen molar-refractivity contribution in [3.63, 3.8) is 0 Å². The first-order valence-corrected chi connectivity index (χ1v) is 6.44. The van der Waals surface area contributed by atoms with Gasteiger partial charge in [0.2, 0.25) is 0 Å². The molecule has 0 saturated heterocycles. The molecule has 0 amide bonds. The van der Waals surface area contributed by atoms with Crippen LogP contribution in [-0.2, 0) is 6.42 Å². The van der Waals surface area contributed by atoms with Gasteiger partial charge in [-0.25, -0.2) is 0 Å². The Labute approximate surface area is 117 Å². The Hall–Kier alpha value is -2.67. The zero-order chi connectivity index (χ0) is 13.9. The molecular formula is C16H14N2O2. The lowest BCUT2D eigenvalue weighted by Crippen LogP contribution is -2.11. The second-order valence-corrected chi connectivity index (χ2v) is 4.76. The molecule has 2 aromatic rings. The first-order valence-electron chi connectivity index (χ1n) is 6.44. The molecule has 2 aromatic carbocycles. The number of rotatable bonds is 3. The van der Waals surface area contributed by atoms with Crippen molar-refractivity contribution in [1.29, 1.82) is 5.26 Å². The maximum atomic E-state index is 9.43. The largest absolute Gasteiger partial charge is 0.508 e. The number of benzene rings is 2. The number of nitrogens with zero attached hydrogens (tertiary/aromatic N) is 1. The van der Waals surface area contributed by atoms with Crippen LogP contribution in [0.4, 0.5) is 5.69 Å². The summed E-state index contributed by atoms with van der Waals surface area (Å²) in [7, 11) is 0. The molecule has 0 spiro atoms. The molecule has 4 heteroatoms. The molecule has 4 nitrogen and oxygen atoms in total. The summed E-state index contributed by atoms with van der Waals surface area (Å²) < 4.78 is 5.56. The molecule has 3 rings (SSSR count). The van der Waals surface area contributed by atoms with Crippen molar-refractivity contribution in [3.8, 4) is 17.6 Å². The van der Waals surface area contributed by atoms with Gasteiger partial charge in [0.1, 0.15) is 18.1 Å². The Kier molecular flexibility index (Phi) is 3.18. The fourth-order valence-electron chi connectivity index (χ4n) is 2.33. The Morgan fingerprint density at radius 3 is 2.80 bits per heavy atom. The summed E-state index contributed by atoms with van der Waals surface area (Å²) in [6.07, 6.45) is 0.426. The molecule has 0 aliphatic carbocycles. The van der Waals surface area contributed by atoms with Gasteiger partial charge in [-0.2, -0.15) is 5.26 Å². The van der Waals surface area contributed by atoms with Gasteiger partial charge in [-0.15, -0.1) is 0 Å². The minimum Gasteiger partial charge on any atom is -0.508 e. The Morgan fingerprint density at radius 1 is 1.25 bits per heavy atom. The van der Waals surface area contributed by atoms with Gasteiger partial charge in [0.25, 0.3) is 0 Å². The van der Waals surface area contributed by atoms with E-state index in [1.165, 1.54) is 0 Å². The number of phenols is 1. The highest BCUT2D eigenvalue weighted by Gasteiger charge is 2.24. The molecule has 1 aliphatic rings. The van der Waals surface area contributed by atoms with Crippen LogP contribution in [-0.4, -0.2) is 11.7 Å². The molecule has 1 aliphatic heterocycles. The summed E-state index contributed by atoms with van der Waals surface area (Å²) in [6.45, 7) is 0.540. The minimum absolute atomic E-state index is 0.0763. The third kappa shape index (κ3) is 2.39. The molecule has 0 aromatic heterocycles. The predicted octanol–water partition coefficient (Wildman–Crippen LogP) is 3.00. The maximum absolute atomic E-state index is 9.43. The molecule has 20 heavy (non-hydrogen) atoms. The van der Waals surface area contributed by atoms with Gasteiger partial charge in [0.15, 0.2) is 0 Å². The molecular weight excluding hydrogens is 252 g/mol. The van der Waals surface area contributed by atoms with E-state index in [4.69, 9.17) is 10.00 Å². The third-order valence-electron chi connectivity index (χ3n) is 3.36. The topological polar surface area (TPSA) is 65.3 Å². The molecule has 0 radical (unpaired) electrons. The monoisotopic (exact) mass is 266 g/mol. The number of hydrogen-bond acceptors (Lipinski definition) is 4. The fourth-order valence-corrected chi connectivity index (χ4v) is 2.33. The number of hydrogen-bond donors (Lipinski definition) is 2. The molecule has 100 valence electrons. The molecule has 0 bridgehead atoms. The quantitative estimate of drug-likeness (QED) is 0.896. The number of nitrogens with one attached hydrogen (secondary N) is 1. The molecule has 0 saturated carbocycles. The number of aromatic hydroxyl groups is 1. The van der Waals surface area contributed by atoms with Crippen molar-refractivity contribution in [1.82, 2.24) is 0 Å². The van der Waals surface area contributed by atoms with Gasteiger partial charge in [-0.1, -0.05) is 12.1 Å². The zero-order valence-electron chi connectivity index (χ0n) is 10.8. The van der Waals surface area contributed by atoms with Crippen LogP contribution in [0.15, 0.2) is 42.5 Å². The van der Waals surface area contributed by atoms with E-state index in [2.05, 4.69) is 11.4 Å². The van der Waals surface area contributed by atoms with E-state index in [1.54, 1.807) is 12.1 Å². The van der Waals surface area contributed by atoms with Crippen LogP contribution in [0.1, 0.15) is 17.2 Å². The summed E-state index contributed by atoms with van der Waals surface area (Å²) in [6, 6.07) is 15.2. The van der Waals surface area contributed by atoms with Crippen LogP contribution in [0.2, 0.25) is 0 Å². The first kappa shape index (κ1) is 12.4. The fraction of sp³-hybridized carbons (Fsp3) is 0.188. The number of ether oxygens (including phenoxy) is 1. The lowest BCUT2D eigenvalue weighted by atomic mass is 10.1. The van der Waals surface area contributed by atoms with Crippen molar-refractivity contribution in [2.75, 3.05) is 11.9 Å². The van der Waals surface area contributed by atoms with Crippen LogP contribution in [0.5, 0.6) is 11.5 Å². The summed E-state index contributed by atoms with van der Waals surface area (Å²) in [5, 5.41) is 21.5. The molecule has 2 N–H and O–H groups in total. The zero-order valence-corrected chi connectivity index (χ0v) is 10.8. The van der Waals surface area contributed by atoms with E-state index in [9.17, 15) is 5.11 Å². The summed E-state index contributed by atoms with van der Waals surface area (Å²) in [5.74, 6) is 0.939. The number of nitriles is 1. The van der Waals surface area contributed by atoms with Crippen molar-refractivity contribution < 1.29 is 9.84 Å². The highest BCUT2D eigenvalue weighted by atomic mass is 16.5. The van der Waals surface area contributed by atoms with Crippen LogP contribution in [0.3, 0.4) is 0 Å². The van der Waals surface area contributed by atoms with Gasteiger partial charge >= 0.3 is 0 Å². The normalized spacial score (nSPS) is 16.1. The predicted molar refractivity (Wildman–Crippen MR) is 75.7 cm³/mol. The highest BCUT2D eigenvalue weighted by molar-refractivity contribution is 5.52. The Morgan fingerprint density at radius 2 is 2.05 bits per heavy atom. The summed E-state index contributed by atoms with van der Waals surface area (Å²) >= 11 is 0. The van der Waals surface area contributed by atoms with Gasteiger partial charge in [-0.3, -0.25) is 0 Å². The van der Waals surface area contributed by atoms with Gasteiger partial charge in [0.05, 0.1) is 18.5 Å². The van der Waals surface area contributed by atoms with Crippen molar-refractivity contribution >= 4 is 5.69 Å². The first-order chi connectivity index (χ1) is 9.76. The molecule has 1 atom stereocenters. The van der Waals surface area contributed by atoms with Crippen LogP contribution < -0.4 is 10.1 Å². The van der Waals surface area contributed by atoms with Gasteiger partial charge < -0.3 is 15.2 Å². The van der Waals surface area contributed by atoms with E-state index in [0.717, 1.165) is 22.6 Å². The van der Waals surface area contributed by atoms with E-state index in [-0.39, 0.29) is 11.8 Å². The second-order valence-electron chi connectivity index (χ2n) is 4.76. The molecule has 0 fully saturated rings. The smallest absolute Gasteiger partial charge is 0.128 e. The van der Waals surface area contributed by atoms with Crippen LogP contribution in [0.25, 0.3) is 0 Å². The van der Waals surface area contributed by atoms with Crippen molar-refractivity contribution in [2.45, 2.75) is 12.5 Å². The number of anilines is 1. The third-order valence-corrected chi connectivity index (χ3v) is 3.36. The van der Waals surface area contributed by atoms with E-state index >= 15 is 0 Å². The Bertz CT molecular complexity index is 659. The summed E-state index contributed by atoms with van der Waals surface area (Å²) in [5.41, 5.74) is 3.04. The molecule has 1 heterocycles. The molecule has 1 unspecified atom stereocenters. The van der Waals surface area contributed by atoms with E-state index < -0.39 is 0 Å². The maximum Gasteiger partial charge on any atom is 0.128 e. The SMILES string of the molecule is N#CCc1ccc(NC2COc3cc(O)ccc32)cc1. The van der Waals surface area contributed by atoms with Crippen LogP contribution in [0, 0.1) is 11.3 Å². The number of phenolic OH excluding ortho intramolecular Hbond substituents is 1. The van der Waals surface area contributed by atoms with Gasteiger partial charge in [0, 0.05) is 17.3 Å². The minimum atomic E-state index is 0.0763. The van der Waals surface area contributed by atoms with Gasteiger partial charge in [-0.05, 0) is 29.8 Å². The average Bonchev–Trinajstić information content (AvgIpc) is 2.83. The number of fused-ring (bicyclic) bond motifs is 1. The Balaban J connectivity index is 1.75. The van der Waals surface area contributed by atoms with Crippen LogP contribution >= 0.6 is 0 Å². The van der Waals surface area contributed by atoms with E-state index in [0.29, 0.717) is 13.0 Å². The highest BCUT2D eigenvalue weighted by Crippen LogP contribution is 2.36. The summed E-state index contributed by atoms with van der Waals surface area (Å²) in [4.78, 5) is 0. The average molecular weight is 266 g/mol. The van der Waals surface area contributed by atoms with Crippen molar-refractivity contribution in [2.24, 2.45) is 0 Å². The lowest BCUT2D eigenvalue weighted by Gasteiger charge is -2.13. The second kappa shape index (κ2) is 5.14. The van der Waals surface area contributed by atoms with Crippen molar-refractivity contribution in [3.05, 3.63) is 53.6 Å².